The minimum Gasteiger partial charge on any atom is -0.494 e. The largest absolute Gasteiger partial charge is 0.494 e. The Kier molecular flexibility index (Phi) is 4.74. The smallest absolute Gasteiger partial charge is 0.319 e. The Balaban J connectivity index is 1.85. The summed E-state index contributed by atoms with van der Waals surface area (Å²) in [6, 6.07) is 6.84. The lowest BCUT2D eigenvalue weighted by Gasteiger charge is -2.25. The van der Waals surface area contributed by atoms with Crippen molar-refractivity contribution in [2.24, 2.45) is 0 Å². The Hall–Kier alpha value is -2.50. The molecular formula is C18H23N3O3. The number of nitrogens with one attached hydrogen (secondary N) is 2. The molecule has 24 heavy (non-hydrogen) atoms. The van der Waals surface area contributed by atoms with E-state index in [0.717, 1.165) is 29.9 Å². The van der Waals surface area contributed by atoms with Crippen LogP contribution in [0.2, 0.25) is 0 Å². The first kappa shape index (κ1) is 16.4. The molecule has 2 heterocycles. The third kappa shape index (κ3) is 3.09. The van der Waals surface area contributed by atoms with E-state index in [1.807, 2.05) is 36.1 Å². The number of nitrogens with zero attached hydrogens (tertiary/aromatic N) is 1. The predicted octanol–water partition coefficient (Wildman–Crippen LogP) is 2.34. The first-order valence-corrected chi connectivity index (χ1v) is 8.46. The Labute approximate surface area is 141 Å². The molecule has 6 heteroatoms. The lowest BCUT2D eigenvalue weighted by atomic mass is 9.96. The lowest BCUT2D eigenvalue weighted by molar-refractivity contribution is -0.125. The van der Waals surface area contributed by atoms with E-state index in [-0.39, 0.29) is 11.9 Å². The number of unbranched alkanes of at least 4 members (excludes halogenated alkanes) is 1. The van der Waals surface area contributed by atoms with Crippen molar-refractivity contribution in [1.29, 1.82) is 0 Å². The highest BCUT2D eigenvalue weighted by Crippen LogP contribution is 2.33. The number of hydrogen-bond donors (Lipinski definition) is 2. The van der Waals surface area contributed by atoms with Crippen LogP contribution in [-0.2, 0) is 4.79 Å². The second-order valence-corrected chi connectivity index (χ2v) is 6.01. The molecule has 3 rings (SSSR count). The van der Waals surface area contributed by atoms with E-state index in [4.69, 9.17) is 4.74 Å². The van der Waals surface area contributed by atoms with Crippen molar-refractivity contribution < 1.29 is 14.3 Å². The van der Waals surface area contributed by atoms with Crippen LogP contribution in [0.5, 0.6) is 5.75 Å². The molecule has 2 N–H and O–H groups in total. The van der Waals surface area contributed by atoms with Gasteiger partial charge in [-0.05, 0) is 31.0 Å². The number of amides is 3. The Morgan fingerprint density at radius 1 is 1.21 bits per heavy atom. The van der Waals surface area contributed by atoms with Gasteiger partial charge >= 0.3 is 6.03 Å². The minimum atomic E-state index is -0.413. The summed E-state index contributed by atoms with van der Waals surface area (Å²) < 4.78 is 5.45. The Morgan fingerprint density at radius 2 is 1.96 bits per heavy atom. The quantitative estimate of drug-likeness (QED) is 0.841. The van der Waals surface area contributed by atoms with Crippen LogP contribution in [-0.4, -0.2) is 36.5 Å². The van der Waals surface area contributed by atoms with Gasteiger partial charge in [0, 0.05) is 6.54 Å². The molecule has 0 saturated heterocycles. The summed E-state index contributed by atoms with van der Waals surface area (Å²) in [7, 11) is 0. The summed E-state index contributed by atoms with van der Waals surface area (Å²) in [4.78, 5) is 26.5. The number of carbonyl (C=O) groups is 2. The van der Waals surface area contributed by atoms with Gasteiger partial charge in [0.15, 0.2) is 0 Å². The highest BCUT2D eigenvalue weighted by atomic mass is 16.5. The monoisotopic (exact) mass is 329 g/mol. The van der Waals surface area contributed by atoms with Crippen molar-refractivity contribution in [3.63, 3.8) is 0 Å². The van der Waals surface area contributed by atoms with Gasteiger partial charge in [0.25, 0.3) is 5.91 Å². The van der Waals surface area contributed by atoms with Crippen molar-refractivity contribution in [3.8, 4) is 5.75 Å². The van der Waals surface area contributed by atoms with E-state index in [9.17, 15) is 9.59 Å². The van der Waals surface area contributed by atoms with Gasteiger partial charge in [0.2, 0.25) is 0 Å². The number of hydrogen-bond acceptors (Lipinski definition) is 3. The zero-order valence-electron chi connectivity index (χ0n) is 14.1. The first-order valence-electron chi connectivity index (χ1n) is 8.46. The van der Waals surface area contributed by atoms with Gasteiger partial charge < -0.3 is 20.3 Å². The molecule has 3 amide bonds. The van der Waals surface area contributed by atoms with Gasteiger partial charge in [-0.15, -0.1) is 0 Å². The average molecular weight is 329 g/mol. The van der Waals surface area contributed by atoms with E-state index in [1.54, 1.807) is 0 Å². The van der Waals surface area contributed by atoms with Crippen molar-refractivity contribution in [3.05, 3.63) is 41.1 Å². The van der Waals surface area contributed by atoms with Crippen LogP contribution in [0.15, 0.2) is 35.5 Å². The van der Waals surface area contributed by atoms with Gasteiger partial charge in [0.1, 0.15) is 5.75 Å². The van der Waals surface area contributed by atoms with Crippen LogP contribution >= 0.6 is 0 Å². The fourth-order valence-electron chi connectivity index (χ4n) is 3.13. The summed E-state index contributed by atoms with van der Waals surface area (Å²) in [5.41, 5.74) is 2.25. The fourth-order valence-corrected chi connectivity index (χ4v) is 3.13. The van der Waals surface area contributed by atoms with Gasteiger partial charge in [-0.25, -0.2) is 4.79 Å². The predicted molar refractivity (Wildman–Crippen MR) is 90.5 cm³/mol. The molecule has 2 aliphatic heterocycles. The number of ether oxygens (including phenoxy) is 1. The summed E-state index contributed by atoms with van der Waals surface area (Å²) in [5, 5.41) is 5.66. The SMILES string of the molecule is CCCCN1CC2=C(C1=O)[C@H](c1ccc(OCC)cc1)NC(=O)N2. The van der Waals surface area contributed by atoms with E-state index in [1.165, 1.54) is 0 Å². The molecule has 1 aromatic rings. The van der Waals surface area contributed by atoms with Crippen molar-refractivity contribution in [2.75, 3.05) is 19.7 Å². The number of rotatable bonds is 6. The molecule has 0 spiro atoms. The number of urea groups is 1. The molecule has 6 nitrogen and oxygen atoms in total. The zero-order chi connectivity index (χ0) is 17.1. The molecule has 0 radical (unpaired) electrons. The van der Waals surface area contributed by atoms with Crippen molar-refractivity contribution in [2.45, 2.75) is 32.7 Å². The van der Waals surface area contributed by atoms with Crippen LogP contribution < -0.4 is 15.4 Å². The van der Waals surface area contributed by atoms with Crippen LogP contribution in [0, 0.1) is 0 Å². The molecule has 0 unspecified atom stereocenters. The molecule has 1 aromatic carbocycles. The van der Waals surface area contributed by atoms with E-state index < -0.39 is 6.04 Å². The first-order chi connectivity index (χ1) is 11.6. The second-order valence-electron chi connectivity index (χ2n) is 6.01. The zero-order valence-corrected chi connectivity index (χ0v) is 14.1. The van der Waals surface area contributed by atoms with Gasteiger partial charge in [-0.2, -0.15) is 0 Å². The van der Waals surface area contributed by atoms with E-state index >= 15 is 0 Å². The highest BCUT2D eigenvalue weighted by molar-refractivity contribution is 6.01. The third-order valence-electron chi connectivity index (χ3n) is 4.33. The molecule has 0 fully saturated rings. The molecule has 0 saturated carbocycles. The van der Waals surface area contributed by atoms with Gasteiger partial charge in [-0.3, -0.25) is 4.79 Å². The van der Waals surface area contributed by atoms with Gasteiger partial charge in [0.05, 0.1) is 30.5 Å². The second kappa shape index (κ2) is 6.95. The van der Waals surface area contributed by atoms with Crippen LogP contribution in [0.25, 0.3) is 0 Å². The molecule has 0 aliphatic carbocycles. The molecule has 1 atom stereocenters. The average Bonchev–Trinajstić information content (AvgIpc) is 2.89. The summed E-state index contributed by atoms with van der Waals surface area (Å²) in [6.45, 7) is 5.83. The van der Waals surface area contributed by atoms with Crippen molar-refractivity contribution in [1.82, 2.24) is 15.5 Å². The Morgan fingerprint density at radius 3 is 2.62 bits per heavy atom. The van der Waals surface area contributed by atoms with E-state index in [2.05, 4.69) is 17.6 Å². The summed E-state index contributed by atoms with van der Waals surface area (Å²) in [5.74, 6) is 0.780. The molecule has 0 aromatic heterocycles. The summed E-state index contributed by atoms with van der Waals surface area (Å²) >= 11 is 0. The Bertz CT molecular complexity index is 667. The van der Waals surface area contributed by atoms with Crippen molar-refractivity contribution >= 4 is 11.9 Å². The molecule has 128 valence electrons. The lowest BCUT2D eigenvalue weighted by Crippen LogP contribution is -2.44. The minimum absolute atomic E-state index is 0.00448. The van der Waals surface area contributed by atoms with Crippen LogP contribution in [0.4, 0.5) is 4.79 Å². The molecule has 2 aliphatic rings. The topological polar surface area (TPSA) is 70.7 Å². The molecule has 0 bridgehead atoms. The number of carbonyl (C=O) groups excluding carboxylic acids is 2. The summed E-state index contributed by atoms with van der Waals surface area (Å²) in [6.07, 6.45) is 1.99. The van der Waals surface area contributed by atoms with E-state index in [0.29, 0.717) is 25.3 Å². The van der Waals surface area contributed by atoms with Crippen LogP contribution in [0.1, 0.15) is 38.3 Å². The fraction of sp³-hybridized carbons (Fsp3) is 0.444. The van der Waals surface area contributed by atoms with Crippen LogP contribution in [0.3, 0.4) is 0 Å². The maximum Gasteiger partial charge on any atom is 0.319 e. The molecular weight excluding hydrogens is 306 g/mol. The third-order valence-corrected chi connectivity index (χ3v) is 4.33. The maximum atomic E-state index is 12.8. The number of benzene rings is 1. The normalized spacial score (nSPS) is 19.9. The highest BCUT2D eigenvalue weighted by Gasteiger charge is 2.39. The maximum absolute atomic E-state index is 12.8. The standard InChI is InChI=1S/C18H23N3O3/c1-3-5-10-21-11-14-15(17(21)22)16(20-18(23)19-14)12-6-8-13(9-7-12)24-4-2/h6-9,16H,3-5,10-11H2,1-2H3,(H2,19,20,23)/t16-/m0/s1. The van der Waals surface area contributed by atoms with Gasteiger partial charge in [-0.1, -0.05) is 25.5 Å².